The van der Waals surface area contributed by atoms with Crippen LogP contribution in [-0.4, -0.2) is 34.8 Å². The van der Waals surface area contributed by atoms with Crippen molar-refractivity contribution in [3.8, 4) is 11.8 Å². The number of piperidine rings is 1. The molecule has 21 heavy (non-hydrogen) atoms. The fraction of sp³-hybridized carbons (Fsp3) is 0.588. The zero-order valence-electron chi connectivity index (χ0n) is 12.7. The van der Waals surface area contributed by atoms with Gasteiger partial charge in [-0.05, 0) is 45.8 Å². The molecule has 0 aromatic heterocycles. The first-order valence-corrected chi connectivity index (χ1v) is 7.69. The molecule has 1 fully saturated rings. The summed E-state index contributed by atoms with van der Waals surface area (Å²) in [7, 11) is 0. The van der Waals surface area contributed by atoms with Gasteiger partial charge in [-0.1, -0.05) is 18.6 Å². The summed E-state index contributed by atoms with van der Waals surface area (Å²) in [4.78, 5) is 2.35. The smallest absolute Gasteiger partial charge is 0.142 e. The molecule has 1 saturated heterocycles. The average Bonchev–Trinajstić information content (AvgIpc) is 2.49. The third-order valence-corrected chi connectivity index (χ3v) is 4.65. The molecule has 0 radical (unpaired) electrons. The van der Waals surface area contributed by atoms with Gasteiger partial charge in [0.25, 0.3) is 0 Å². The lowest BCUT2D eigenvalue weighted by atomic mass is 9.84. The van der Waals surface area contributed by atoms with Crippen molar-refractivity contribution in [3.63, 3.8) is 0 Å². The first-order valence-electron chi connectivity index (χ1n) is 7.69. The molecule has 0 unspecified atom stereocenters. The van der Waals surface area contributed by atoms with E-state index in [2.05, 4.69) is 11.0 Å². The number of aliphatic hydroxyl groups is 1. The van der Waals surface area contributed by atoms with E-state index in [1.165, 1.54) is 6.42 Å². The van der Waals surface area contributed by atoms with Crippen LogP contribution in [0, 0.1) is 11.3 Å². The van der Waals surface area contributed by atoms with Crippen molar-refractivity contribution in [3.05, 3.63) is 29.3 Å². The summed E-state index contributed by atoms with van der Waals surface area (Å²) in [6.07, 6.45) is 2.98. The molecule has 2 aliphatic rings. The highest BCUT2D eigenvalue weighted by molar-refractivity contribution is 5.52. The summed E-state index contributed by atoms with van der Waals surface area (Å²) in [5.74, 6) is 0.644. The van der Waals surface area contributed by atoms with E-state index in [1.807, 2.05) is 26.0 Å². The number of nitrogens with zero attached hydrogens (tertiary/aromatic N) is 2. The highest BCUT2D eigenvalue weighted by Crippen LogP contribution is 2.44. The van der Waals surface area contributed by atoms with Gasteiger partial charge in [-0.25, -0.2) is 0 Å². The zero-order chi connectivity index (χ0) is 15.0. The van der Waals surface area contributed by atoms with Gasteiger partial charge in [0.05, 0.1) is 11.6 Å². The summed E-state index contributed by atoms with van der Waals surface area (Å²) in [5, 5.41) is 20.1. The predicted octanol–water partition coefficient (Wildman–Crippen LogP) is 2.62. The van der Waals surface area contributed by atoms with Crippen LogP contribution in [0.2, 0.25) is 0 Å². The Morgan fingerprint density at radius 1 is 1.29 bits per heavy atom. The first kappa shape index (κ1) is 14.4. The fourth-order valence-corrected chi connectivity index (χ4v) is 3.46. The van der Waals surface area contributed by atoms with E-state index in [1.54, 1.807) is 6.07 Å². The summed E-state index contributed by atoms with van der Waals surface area (Å²) >= 11 is 0. The Balaban J connectivity index is 2.08. The van der Waals surface area contributed by atoms with E-state index in [0.29, 0.717) is 11.3 Å². The third-order valence-electron chi connectivity index (χ3n) is 4.65. The predicted molar refractivity (Wildman–Crippen MR) is 80.0 cm³/mol. The number of hydrogen-bond acceptors (Lipinski definition) is 4. The molecule has 2 aliphatic heterocycles. The lowest BCUT2D eigenvalue weighted by Crippen LogP contribution is -2.54. The van der Waals surface area contributed by atoms with Gasteiger partial charge in [0.2, 0.25) is 0 Å². The third kappa shape index (κ3) is 2.41. The highest BCUT2D eigenvalue weighted by atomic mass is 16.5. The molecule has 4 heteroatoms. The normalized spacial score (nSPS) is 28.3. The second-order valence-electron chi connectivity index (χ2n) is 6.53. The van der Waals surface area contributed by atoms with Crippen molar-refractivity contribution in [1.82, 2.24) is 4.90 Å². The van der Waals surface area contributed by atoms with Crippen LogP contribution in [0.15, 0.2) is 18.2 Å². The maximum absolute atomic E-state index is 10.8. The van der Waals surface area contributed by atoms with Gasteiger partial charge in [0.1, 0.15) is 23.5 Å². The standard InChI is InChI=1S/C17H22N2O2/c1-17(2)16(20)14(19-9-4-3-5-10-19)13-8-6-7-12(11-18)15(13)21-17/h6-8,14,16,20H,3-5,9-10H2,1-2H3/t14-,16+/m1/s1. The molecule has 2 atom stereocenters. The van der Waals surface area contributed by atoms with E-state index in [4.69, 9.17) is 4.74 Å². The Labute approximate surface area is 125 Å². The van der Waals surface area contributed by atoms with E-state index in [-0.39, 0.29) is 6.04 Å². The van der Waals surface area contributed by atoms with Gasteiger partial charge in [-0.2, -0.15) is 5.26 Å². The van der Waals surface area contributed by atoms with Crippen molar-refractivity contribution >= 4 is 0 Å². The Hall–Kier alpha value is -1.57. The van der Waals surface area contributed by atoms with Crippen molar-refractivity contribution in [2.24, 2.45) is 0 Å². The number of fused-ring (bicyclic) bond motifs is 1. The molecule has 1 N–H and O–H groups in total. The molecule has 0 amide bonds. The van der Waals surface area contributed by atoms with E-state index >= 15 is 0 Å². The Morgan fingerprint density at radius 2 is 2.00 bits per heavy atom. The number of ether oxygens (including phenoxy) is 1. The number of nitriles is 1. The minimum atomic E-state index is -0.692. The number of aliphatic hydroxyl groups excluding tert-OH is 1. The van der Waals surface area contributed by atoms with Crippen LogP contribution in [0.4, 0.5) is 0 Å². The van der Waals surface area contributed by atoms with Gasteiger partial charge >= 0.3 is 0 Å². The number of para-hydroxylation sites is 1. The van der Waals surface area contributed by atoms with Crippen molar-refractivity contribution in [2.45, 2.75) is 50.9 Å². The minimum Gasteiger partial charge on any atom is -0.483 e. The Morgan fingerprint density at radius 3 is 2.67 bits per heavy atom. The van der Waals surface area contributed by atoms with Crippen LogP contribution < -0.4 is 4.74 Å². The van der Waals surface area contributed by atoms with Gasteiger partial charge in [0, 0.05) is 5.56 Å². The van der Waals surface area contributed by atoms with Crippen LogP contribution in [0.5, 0.6) is 5.75 Å². The fourth-order valence-electron chi connectivity index (χ4n) is 3.46. The van der Waals surface area contributed by atoms with Crippen molar-refractivity contribution < 1.29 is 9.84 Å². The van der Waals surface area contributed by atoms with Crippen molar-refractivity contribution in [1.29, 1.82) is 5.26 Å². The second kappa shape index (κ2) is 5.32. The number of likely N-dealkylation sites (tertiary alicyclic amines) is 1. The monoisotopic (exact) mass is 286 g/mol. The lowest BCUT2D eigenvalue weighted by Gasteiger charge is -2.47. The summed E-state index contributed by atoms with van der Waals surface area (Å²) in [6.45, 7) is 5.78. The van der Waals surface area contributed by atoms with E-state index in [9.17, 15) is 10.4 Å². The number of hydrogen-bond donors (Lipinski definition) is 1. The van der Waals surface area contributed by atoms with E-state index < -0.39 is 11.7 Å². The van der Waals surface area contributed by atoms with Crippen molar-refractivity contribution in [2.75, 3.05) is 13.1 Å². The minimum absolute atomic E-state index is 0.0858. The largest absolute Gasteiger partial charge is 0.483 e. The van der Waals surface area contributed by atoms with Gasteiger partial charge in [-0.3, -0.25) is 4.90 Å². The molecular formula is C17H22N2O2. The SMILES string of the molecule is CC1(C)Oc2c(C#N)cccc2[C@@H](N2CCCCC2)[C@@H]1O. The van der Waals surface area contributed by atoms with Gasteiger partial charge < -0.3 is 9.84 Å². The molecule has 112 valence electrons. The summed E-state index contributed by atoms with van der Waals surface area (Å²) in [6, 6.07) is 7.76. The molecule has 2 heterocycles. The number of benzene rings is 1. The molecule has 1 aromatic rings. The van der Waals surface area contributed by atoms with Crippen LogP contribution in [0.1, 0.15) is 50.3 Å². The maximum atomic E-state index is 10.8. The zero-order valence-corrected chi connectivity index (χ0v) is 12.7. The molecular weight excluding hydrogens is 264 g/mol. The van der Waals surface area contributed by atoms with Crippen LogP contribution in [-0.2, 0) is 0 Å². The van der Waals surface area contributed by atoms with Gasteiger partial charge in [-0.15, -0.1) is 0 Å². The van der Waals surface area contributed by atoms with Crippen LogP contribution >= 0.6 is 0 Å². The van der Waals surface area contributed by atoms with Gasteiger partial charge in [0.15, 0.2) is 0 Å². The number of rotatable bonds is 1. The summed E-state index contributed by atoms with van der Waals surface area (Å²) in [5.41, 5.74) is 0.805. The Bertz CT molecular complexity index is 571. The second-order valence-corrected chi connectivity index (χ2v) is 6.53. The molecule has 3 rings (SSSR count). The molecule has 0 bridgehead atoms. The first-order chi connectivity index (χ1) is 10.0. The maximum Gasteiger partial charge on any atom is 0.142 e. The summed E-state index contributed by atoms with van der Waals surface area (Å²) < 4.78 is 5.98. The Kier molecular flexibility index (Phi) is 3.64. The quantitative estimate of drug-likeness (QED) is 0.862. The topological polar surface area (TPSA) is 56.5 Å². The molecule has 0 aliphatic carbocycles. The highest BCUT2D eigenvalue weighted by Gasteiger charge is 2.46. The molecule has 0 spiro atoms. The molecule has 0 saturated carbocycles. The van der Waals surface area contributed by atoms with E-state index in [0.717, 1.165) is 31.5 Å². The van der Waals surface area contributed by atoms with Crippen LogP contribution in [0.3, 0.4) is 0 Å². The average molecular weight is 286 g/mol. The lowest BCUT2D eigenvalue weighted by molar-refractivity contribution is -0.0963. The molecule has 1 aromatic carbocycles. The van der Waals surface area contributed by atoms with Crippen LogP contribution in [0.25, 0.3) is 0 Å². The molecule has 4 nitrogen and oxygen atoms in total.